The summed E-state index contributed by atoms with van der Waals surface area (Å²) in [6.07, 6.45) is 5.45. The molecule has 0 heterocycles. The second-order valence-electron chi connectivity index (χ2n) is 3.87. The predicted octanol–water partition coefficient (Wildman–Crippen LogP) is 1.47. The van der Waals surface area contributed by atoms with Crippen LogP contribution in [0.3, 0.4) is 0 Å². The summed E-state index contributed by atoms with van der Waals surface area (Å²) in [6.45, 7) is 3.43. The van der Waals surface area contributed by atoms with Crippen LogP contribution < -0.4 is 5.32 Å². The molecule has 0 amide bonds. The molecule has 0 aromatic rings. The Morgan fingerprint density at radius 1 is 1.25 bits per heavy atom. The first kappa shape index (κ1) is 10.0. The van der Waals surface area contributed by atoms with Gasteiger partial charge in [0.2, 0.25) is 0 Å². The van der Waals surface area contributed by atoms with Gasteiger partial charge >= 0.3 is 0 Å². The Kier molecular flexibility index (Phi) is 4.02. The lowest BCUT2D eigenvalue weighted by molar-refractivity contribution is 0.184. The van der Waals surface area contributed by atoms with Crippen LogP contribution in [-0.4, -0.2) is 37.6 Å². The van der Waals surface area contributed by atoms with E-state index in [0.717, 1.165) is 12.1 Å². The van der Waals surface area contributed by atoms with Crippen LogP contribution in [0.5, 0.6) is 0 Å². The standard InChI is InChI=1S/C10H22N2/c1-4-12(3)10-7-5-9(11-2)6-8-10/h9-11H,4-8H2,1-3H3. The third kappa shape index (κ3) is 2.46. The highest BCUT2D eigenvalue weighted by Crippen LogP contribution is 2.21. The number of hydrogen-bond donors (Lipinski definition) is 1. The summed E-state index contributed by atoms with van der Waals surface area (Å²) in [5.41, 5.74) is 0. The number of hydrogen-bond acceptors (Lipinski definition) is 2. The molecule has 0 aliphatic heterocycles. The predicted molar refractivity (Wildman–Crippen MR) is 53.4 cm³/mol. The lowest BCUT2D eigenvalue weighted by Crippen LogP contribution is -2.39. The van der Waals surface area contributed by atoms with E-state index in [1.807, 2.05) is 0 Å². The molecule has 0 aromatic heterocycles. The Labute approximate surface area is 76.3 Å². The van der Waals surface area contributed by atoms with E-state index in [9.17, 15) is 0 Å². The van der Waals surface area contributed by atoms with Crippen LogP contribution in [0.25, 0.3) is 0 Å². The van der Waals surface area contributed by atoms with Crippen molar-refractivity contribution in [3.8, 4) is 0 Å². The van der Waals surface area contributed by atoms with Crippen molar-refractivity contribution in [1.29, 1.82) is 0 Å². The molecule has 2 nitrogen and oxygen atoms in total. The fourth-order valence-electron chi connectivity index (χ4n) is 2.06. The monoisotopic (exact) mass is 170 g/mol. The molecule has 1 saturated carbocycles. The number of nitrogens with one attached hydrogen (secondary N) is 1. The Bertz CT molecular complexity index is 117. The molecule has 0 saturated heterocycles. The maximum atomic E-state index is 3.36. The van der Waals surface area contributed by atoms with Gasteiger partial charge in [-0.25, -0.2) is 0 Å². The van der Waals surface area contributed by atoms with E-state index in [0.29, 0.717) is 0 Å². The van der Waals surface area contributed by atoms with Gasteiger partial charge in [0.1, 0.15) is 0 Å². The van der Waals surface area contributed by atoms with Gasteiger partial charge in [-0.05, 0) is 46.3 Å². The quantitative estimate of drug-likeness (QED) is 0.690. The first-order valence-electron chi connectivity index (χ1n) is 5.15. The zero-order valence-electron chi connectivity index (χ0n) is 8.64. The maximum absolute atomic E-state index is 3.36. The molecule has 1 fully saturated rings. The fourth-order valence-corrected chi connectivity index (χ4v) is 2.06. The van der Waals surface area contributed by atoms with E-state index in [1.54, 1.807) is 0 Å². The summed E-state index contributed by atoms with van der Waals surface area (Å²) in [6, 6.07) is 1.63. The minimum absolute atomic E-state index is 0.784. The van der Waals surface area contributed by atoms with E-state index in [2.05, 4.69) is 31.2 Å². The van der Waals surface area contributed by atoms with Gasteiger partial charge in [0.25, 0.3) is 0 Å². The molecule has 72 valence electrons. The van der Waals surface area contributed by atoms with E-state index in [1.165, 1.54) is 32.2 Å². The smallest absolute Gasteiger partial charge is 0.00932 e. The van der Waals surface area contributed by atoms with Crippen LogP contribution in [0.1, 0.15) is 32.6 Å². The van der Waals surface area contributed by atoms with E-state index in [-0.39, 0.29) is 0 Å². The van der Waals surface area contributed by atoms with Gasteiger partial charge < -0.3 is 10.2 Å². The van der Waals surface area contributed by atoms with Gasteiger partial charge in [0, 0.05) is 12.1 Å². The summed E-state index contributed by atoms with van der Waals surface area (Å²) in [5.74, 6) is 0. The second-order valence-corrected chi connectivity index (χ2v) is 3.87. The first-order valence-corrected chi connectivity index (χ1v) is 5.15. The fraction of sp³-hybridized carbons (Fsp3) is 1.00. The van der Waals surface area contributed by atoms with Gasteiger partial charge in [-0.3, -0.25) is 0 Å². The van der Waals surface area contributed by atoms with E-state index in [4.69, 9.17) is 0 Å². The summed E-state index contributed by atoms with van der Waals surface area (Å²) in [5, 5.41) is 3.36. The number of rotatable bonds is 3. The third-order valence-electron chi connectivity index (χ3n) is 3.23. The van der Waals surface area contributed by atoms with E-state index >= 15 is 0 Å². The zero-order chi connectivity index (χ0) is 8.97. The molecule has 0 atom stereocenters. The average Bonchev–Trinajstić information content (AvgIpc) is 2.17. The third-order valence-corrected chi connectivity index (χ3v) is 3.23. The van der Waals surface area contributed by atoms with Crippen molar-refractivity contribution in [1.82, 2.24) is 10.2 Å². The Morgan fingerprint density at radius 3 is 2.25 bits per heavy atom. The molecule has 1 N–H and O–H groups in total. The van der Waals surface area contributed by atoms with Crippen molar-refractivity contribution < 1.29 is 0 Å². The van der Waals surface area contributed by atoms with Gasteiger partial charge in [0.05, 0.1) is 0 Å². The molecule has 0 bridgehead atoms. The molecule has 0 aromatic carbocycles. The Hall–Kier alpha value is -0.0800. The topological polar surface area (TPSA) is 15.3 Å². The van der Waals surface area contributed by atoms with Crippen molar-refractivity contribution in [3.63, 3.8) is 0 Å². The molecule has 2 heteroatoms. The van der Waals surface area contributed by atoms with Crippen molar-refractivity contribution >= 4 is 0 Å². The summed E-state index contributed by atoms with van der Waals surface area (Å²) in [7, 11) is 4.32. The largest absolute Gasteiger partial charge is 0.317 e. The summed E-state index contributed by atoms with van der Waals surface area (Å²) >= 11 is 0. The average molecular weight is 170 g/mol. The molecule has 1 aliphatic rings. The van der Waals surface area contributed by atoms with Gasteiger partial charge in [0.15, 0.2) is 0 Å². The normalized spacial score (nSPS) is 31.0. The van der Waals surface area contributed by atoms with Crippen LogP contribution in [0.2, 0.25) is 0 Å². The molecule has 0 radical (unpaired) electrons. The zero-order valence-corrected chi connectivity index (χ0v) is 8.64. The first-order chi connectivity index (χ1) is 5.77. The van der Waals surface area contributed by atoms with Crippen LogP contribution in [0.15, 0.2) is 0 Å². The molecule has 0 unspecified atom stereocenters. The van der Waals surface area contributed by atoms with E-state index < -0.39 is 0 Å². The molecule has 12 heavy (non-hydrogen) atoms. The minimum atomic E-state index is 0.784. The summed E-state index contributed by atoms with van der Waals surface area (Å²) < 4.78 is 0. The number of nitrogens with zero attached hydrogens (tertiary/aromatic N) is 1. The summed E-state index contributed by atoms with van der Waals surface area (Å²) in [4.78, 5) is 2.48. The van der Waals surface area contributed by atoms with Crippen molar-refractivity contribution in [3.05, 3.63) is 0 Å². The maximum Gasteiger partial charge on any atom is 0.00932 e. The minimum Gasteiger partial charge on any atom is -0.317 e. The highest BCUT2D eigenvalue weighted by Gasteiger charge is 2.21. The highest BCUT2D eigenvalue weighted by atomic mass is 15.1. The lowest BCUT2D eigenvalue weighted by Gasteiger charge is -2.33. The SMILES string of the molecule is CCN(C)C1CCC(NC)CC1. The van der Waals surface area contributed by atoms with Crippen LogP contribution >= 0.6 is 0 Å². The Balaban J connectivity index is 2.25. The van der Waals surface area contributed by atoms with Crippen LogP contribution in [0, 0.1) is 0 Å². The molecule has 0 spiro atoms. The van der Waals surface area contributed by atoms with Gasteiger partial charge in [-0.2, -0.15) is 0 Å². The van der Waals surface area contributed by atoms with Crippen LogP contribution in [-0.2, 0) is 0 Å². The molecular formula is C10H22N2. The second kappa shape index (κ2) is 4.83. The molecule has 1 aliphatic carbocycles. The molecule has 1 rings (SSSR count). The Morgan fingerprint density at radius 2 is 1.83 bits per heavy atom. The highest BCUT2D eigenvalue weighted by molar-refractivity contribution is 4.80. The van der Waals surface area contributed by atoms with Crippen molar-refractivity contribution in [2.45, 2.75) is 44.7 Å². The van der Waals surface area contributed by atoms with Gasteiger partial charge in [-0.1, -0.05) is 6.92 Å². The lowest BCUT2D eigenvalue weighted by atomic mass is 9.90. The van der Waals surface area contributed by atoms with Crippen LogP contribution in [0.4, 0.5) is 0 Å². The van der Waals surface area contributed by atoms with Crippen molar-refractivity contribution in [2.75, 3.05) is 20.6 Å². The van der Waals surface area contributed by atoms with Crippen molar-refractivity contribution in [2.24, 2.45) is 0 Å². The molecular weight excluding hydrogens is 148 g/mol. The van der Waals surface area contributed by atoms with Gasteiger partial charge in [-0.15, -0.1) is 0 Å².